The molecular formula is C91H124F8N16O17S2. The van der Waals surface area contributed by atoms with Gasteiger partial charge in [-0.25, -0.2) is 46.0 Å². The second-order valence-corrected chi connectivity index (χ2v) is 35.9. The summed E-state index contributed by atoms with van der Waals surface area (Å²) in [5, 5.41) is 70.9. The van der Waals surface area contributed by atoms with E-state index in [9.17, 15) is 63.6 Å². The Balaban J connectivity index is 1.49. The first kappa shape index (κ1) is 112. The number of hydrogen-bond acceptors (Lipinski definition) is 25. The molecule has 4 bridgehead atoms. The number of hydrogen-bond donors (Lipinski definition) is 20. The molecule has 0 aliphatic carbocycles. The number of amides is 9. The number of aromatic hydroxyl groups is 2. The maximum absolute atomic E-state index is 17.1. The number of likely N-dealkylation sites (N-methyl/N-ethyl adjacent to an activating group) is 1. The van der Waals surface area contributed by atoms with Crippen molar-refractivity contribution in [3.63, 3.8) is 0 Å². The van der Waals surface area contributed by atoms with Crippen LogP contribution < -0.4 is 86.5 Å². The van der Waals surface area contributed by atoms with Gasteiger partial charge in [0.1, 0.15) is 47.8 Å². The number of rotatable bonds is 47. The zero-order valence-electron chi connectivity index (χ0n) is 76.0. The highest BCUT2D eigenvalue weighted by atomic mass is 32.2. The molecule has 15 atom stereocenters. The Labute approximate surface area is 780 Å². The second kappa shape index (κ2) is 55.3. The van der Waals surface area contributed by atoms with Crippen LogP contribution in [0.3, 0.4) is 0 Å². The number of aliphatic hydroxyl groups is 1. The van der Waals surface area contributed by atoms with Crippen LogP contribution in [0.5, 0.6) is 11.5 Å². The molecule has 9 amide bonds. The zero-order valence-corrected chi connectivity index (χ0v) is 77.7. The molecule has 8 rings (SSSR count). The van der Waals surface area contributed by atoms with Crippen LogP contribution in [0.25, 0.3) is 11.1 Å². The minimum absolute atomic E-state index is 0.0521. The summed E-state index contributed by atoms with van der Waals surface area (Å²) in [5.74, 6) is -38.9. The Morgan fingerprint density at radius 2 is 0.851 bits per heavy atom. The van der Waals surface area contributed by atoms with Crippen molar-refractivity contribution in [2.24, 2.45) is 35.0 Å². The number of hydrazine groups is 1. The van der Waals surface area contributed by atoms with E-state index in [0.717, 1.165) is 6.92 Å². The van der Waals surface area contributed by atoms with Crippen molar-refractivity contribution < 1.29 is 118 Å². The lowest BCUT2D eigenvalue weighted by Gasteiger charge is -2.32. The molecule has 738 valence electrons. The number of carboxylic acids is 1. The number of nitrogens with one attached hydrogen (secondary N) is 13. The van der Waals surface area contributed by atoms with E-state index in [1.54, 1.807) is 47.6 Å². The van der Waals surface area contributed by atoms with Gasteiger partial charge in [-0.05, 0) is 176 Å². The maximum Gasteiger partial charge on any atom is 0.305 e. The lowest BCUT2D eigenvalue weighted by molar-refractivity contribution is -0.140. The van der Waals surface area contributed by atoms with Gasteiger partial charge in [0.15, 0.2) is 63.9 Å². The fraction of sp³-hybridized carbons (Fsp3) is 0.527. The minimum atomic E-state index is -2.69. The van der Waals surface area contributed by atoms with E-state index in [2.05, 4.69) is 69.3 Å². The van der Waals surface area contributed by atoms with Gasteiger partial charge in [0.05, 0.1) is 82.3 Å². The summed E-state index contributed by atoms with van der Waals surface area (Å²) >= 11 is -0.446. The molecular weight excluding hydrogens is 1810 g/mol. The molecule has 3 aliphatic rings. The Bertz CT molecular complexity index is 4790. The monoisotopic (exact) mass is 1930 g/mol. The average molecular weight is 1930 g/mol. The summed E-state index contributed by atoms with van der Waals surface area (Å²) in [4.78, 5) is 184. The lowest BCUT2D eigenvalue weighted by Crippen LogP contribution is -2.63. The molecule has 5 aromatic rings. The lowest BCUT2D eigenvalue weighted by atomic mass is 9.94. The molecule has 33 nitrogen and oxygen atoms in total. The van der Waals surface area contributed by atoms with Crippen molar-refractivity contribution in [1.29, 1.82) is 0 Å². The SMILES string of the molecule is CC[C@H](C)[C@H](NC(=O)[C@@H](NC(=O)[C@H](Cc1ccccc1)NC1CSc2c(F)c(F)c(c(F)c2F)-c2c(F)c(F)c(c(F)c2F)SCC(N[C@@H](Cc2ccc(O)cc2)C(=O)N[C@@H](Cc2ccc(O)cc2)C(=O)NCC(=O)N[C@@H](CCCCN)C(=O)N[C@@H](CCCCN)C(=O)N[C@@H](CCCCN)C(C)=O)C(=O)[C@H](CC(C)C)NC(=O)[C@H](CC(C)C)NN[C@@H](CC(=O)O)C1=O)[C@@H](C)O)C(=O)NC. The van der Waals surface area contributed by atoms with E-state index in [4.69, 9.17) is 17.2 Å². The minimum Gasteiger partial charge on any atom is -0.508 e. The Morgan fingerprint density at radius 3 is 1.28 bits per heavy atom. The fourth-order valence-corrected chi connectivity index (χ4v) is 16.7. The number of carbonyl (C=O) groups is 13. The highest BCUT2D eigenvalue weighted by molar-refractivity contribution is 7.99. The van der Waals surface area contributed by atoms with Gasteiger partial charge < -0.3 is 85.5 Å². The number of benzene rings is 5. The maximum atomic E-state index is 17.1. The van der Waals surface area contributed by atoms with Crippen molar-refractivity contribution in [2.75, 3.05) is 44.7 Å². The van der Waals surface area contributed by atoms with Gasteiger partial charge in [-0.1, -0.05) is 103 Å². The number of ketones is 3. The fourth-order valence-electron chi connectivity index (χ4n) is 14.7. The van der Waals surface area contributed by atoms with Crippen LogP contribution in [-0.2, 0) is 81.6 Å². The Hall–Kier alpha value is -10.8. The van der Waals surface area contributed by atoms with Crippen LogP contribution in [0.1, 0.15) is 156 Å². The number of thioether (sulfide) groups is 2. The number of fused-ring (bicyclic) bond motifs is 2. The molecule has 5 aromatic carbocycles. The summed E-state index contributed by atoms with van der Waals surface area (Å²) in [6.07, 6.45) is -2.15. The van der Waals surface area contributed by atoms with Gasteiger partial charge in [-0.15, -0.1) is 23.5 Å². The number of halogens is 8. The van der Waals surface area contributed by atoms with Crippen molar-refractivity contribution in [3.8, 4) is 22.6 Å². The summed E-state index contributed by atoms with van der Waals surface area (Å²) in [7, 11) is 1.30. The molecule has 3 heterocycles. The molecule has 0 saturated heterocycles. The van der Waals surface area contributed by atoms with Gasteiger partial charge in [-0.3, -0.25) is 73.0 Å². The molecule has 23 N–H and O–H groups in total. The zero-order chi connectivity index (χ0) is 99.5. The number of phenolic OH excluding ortho intramolecular Hbond substituents is 2. The number of aliphatic hydroxyl groups excluding tert-OH is 1. The largest absolute Gasteiger partial charge is 0.508 e. The number of unbranched alkanes of at least 4 members (excludes halogenated alkanes) is 3. The van der Waals surface area contributed by atoms with Crippen molar-refractivity contribution >= 4 is 100 Å². The molecule has 0 fully saturated rings. The number of nitrogens with two attached hydrogens (primary N) is 3. The smallest absolute Gasteiger partial charge is 0.305 e. The third kappa shape index (κ3) is 33.6. The Kier molecular flexibility index (Phi) is 46.2. The van der Waals surface area contributed by atoms with Gasteiger partial charge in [0.25, 0.3) is 0 Å². The highest BCUT2D eigenvalue weighted by Gasteiger charge is 2.43. The number of phenols is 2. The normalized spacial score (nSPS) is 18.0. The van der Waals surface area contributed by atoms with Crippen LogP contribution >= 0.6 is 23.5 Å². The van der Waals surface area contributed by atoms with Gasteiger partial charge >= 0.3 is 5.97 Å². The van der Waals surface area contributed by atoms with Crippen LogP contribution in [0, 0.1) is 64.3 Å². The molecule has 43 heteroatoms. The molecule has 3 aliphatic heterocycles. The highest BCUT2D eigenvalue weighted by Crippen LogP contribution is 2.43. The van der Waals surface area contributed by atoms with Crippen molar-refractivity contribution in [2.45, 2.75) is 253 Å². The molecule has 2 unspecified atom stereocenters. The van der Waals surface area contributed by atoms with E-state index in [1.165, 1.54) is 86.8 Å². The molecule has 0 aromatic heterocycles. The van der Waals surface area contributed by atoms with E-state index in [1.807, 2.05) is 0 Å². The number of carbonyl (C=O) groups excluding carboxylic acids is 12. The van der Waals surface area contributed by atoms with Crippen molar-refractivity contribution in [1.82, 2.24) is 69.3 Å². The van der Waals surface area contributed by atoms with Crippen molar-refractivity contribution in [3.05, 3.63) is 142 Å². The second-order valence-electron chi connectivity index (χ2n) is 33.8. The van der Waals surface area contributed by atoms with E-state index >= 15 is 54.3 Å². The quantitative estimate of drug-likeness (QED) is 0.0143. The van der Waals surface area contributed by atoms with Crippen LogP contribution in [-0.4, -0.2) is 226 Å². The first-order valence-electron chi connectivity index (χ1n) is 44.3. The van der Waals surface area contributed by atoms with Crippen LogP contribution in [0.4, 0.5) is 35.1 Å². The Morgan fingerprint density at radius 1 is 0.463 bits per heavy atom. The molecule has 0 saturated carbocycles. The number of Topliss-reactive ketones (excluding diaryl/α,β-unsaturated/α-hetero) is 3. The number of aliphatic carboxylic acids is 1. The first-order chi connectivity index (χ1) is 63.5. The predicted octanol–water partition coefficient (Wildman–Crippen LogP) is 4.65. The predicted molar refractivity (Wildman–Crippen MR) is 484 cm³/mol. The molecule has 134 heavy (non-hydrogen) atoms. The molecule has 0 radical (unpaired) electrons. The number of carboxylic acid groups (broad SMARTS) is 1. The van der Waals surface area contributed by atoms with Gasteiger partial charge in [0.2, 0.25) is 53.2 Å². The first-order valence-corrected chi connectivity index (χ1v) is 46.3. The molecule has 0 spiro atoms. The third-order valence-corrected chi connectivity index (χ3v) is 24.6. The average Bonchev–Trinajstić information content (AvgIpc) is 0.747. The van der Waals surface area contributed by atoms with Crippen LogP contribution in [0.2, 0.25) is 0 Å². The summed E-state index contributed by atoms with van der Waals surface area (Å²) in [6.45, 7) is 11.9. The topological polar surface area (TPSA) is 537 Å². The summed E-state index contributed by atoms with van der Waals surface area (Å²) in [5.41, 5.74) is 18.4. The summed E-state index contributed by atoms with van der Waals surface area (Å²) in [6, 6.07) is -4.55. The van der Waals surface area contributed by atoms with Gasteiger partial charge in [0, 0.05) is 25.0 Å². The van der Waals surface area contributed by atoms with E-state index in [-0.39, 0.29) is 109 Å². The van der Waals surface area contributed by atoms with E-state index in [0.29, 0.717) is 45.1 Å². The van der Waals surface area contributed by atoms with Crippen LogP contribution in [0.15, 0.2) is 88.7 Å². The summed E-state index contributed by atoms with van der Waals surface area (Å²) < 4.78 is 136. The third-order valence-electron chi connectivity index (χ3n) is 22.3. The standard InChI is InChI=1S/C91H124F8N16O17S2/c1-10-47(6)78(90(131)103-9)112-91(132)79(49(8)117)113-88(129)62(38-50-20-12-11-13-21-50)106-65-44-134-83-76(98)72(94)69(73(95)77(83)99)68-70(92)74(96)82(75(97)71(68)93)133-43-64(80(123)58(36-45(2)3)110-89(130)63(37-46(4)5)115-114-59(81(65)124)41-67(121)122)105-61(40-52-27-31-54(119)32-28-52)87(128)111-60(39-51-25-29-53(118)30-26-51)84(125)104-42-66(120)107-56(23-15-18-34-101)85(126)109-57(24-16-19-35-102)86(127)108-55(48(7)116)22-14-17-33-100/h11-13,20-21,25-32,45-47,49,55-65,78-79,105-106,114-115,117-119H,10,14-19,22-24,33-44,100-102H2,1-9H3,(H,103,131)(H,104,125)(H,107,120)(H,108,127)(H,109,126)(H,110,130)(H,111,128)(H,112,132)(H,113,129)(H,121,122)/t47-,49+,55-,56-,57-,58-,59-,60-,61-,62-,63-,64?,65?,78-,79-/m0/s1. The van der Waals surface area contributed by atoms with Gasteiger partial charge in [-0.2, -0.15) is 0 Å². The van der Waals surface area contributed by atoms with E-state index < -0.39 is 284 Å².